The van der Waals surface area contributed by atoms with Crippen LogP contribution in [0.2, 0.25) is 5.02 Å². The molecule has 0 spiro atoms. The van der Waals surface area contributed by atoms with Crippen molar-refractivity contribution in [2.75, 3.05) is 7.11 Å². The third-order valence-corrected chi connectivity index (χ3v) is 3.34. The molecule has 2 rings (SSSR count). The fraction of sp³-hybridized carbons (Fsp3) is 0.286. The number of hydrogen-bond acceptors (Lipinski definition) is 5. The lowest BCUT2D eigenvalue weighted by Crippen LogP contribution is -2.25. The highest BCUT2D eigenvalue weighted by Gasteiger charge is 2.13. The normalized spacial score (nSPS) is 10.3. The molecule has 0 aliphatic carbocycles. The molecule has 23 heavy (non-hydrogen) atoms. The maximum atomic E-state index is 12.0. The van der Waals surface area contributed by atoms with Crippen molar-refractivity contribution in [2.24, 2.45) is 0 Å². The van der Waals surface area contributed by atoms with E-state index >= 15 is 0 Å². The van der Waals surface area contributed by atoms with Gasteiger partial charge in [-0.3, -0.25) is 9.59 Å². The lowest BCUT2D eigenvalue weighted by molar-refractivity contribution is -0.138. The smallest absolute Gasteiger partial charge is 0.325 e. The van der Waals surface area contributed by atoms with Crippen molar-refractivity contribution in [2.45, 2.75) is 19.5 Å². The topological polar surface area (TPSA) is 106 Å². The zero-order valence-electron chi connectivity index (χ0n) is 12.3. The van der Waals surface area contributed by atoms with Gasteiger partial charge in [0.15, 0.2) is 0 Å². The van der Waals surface area contributed by atoms with Crippen molar-refractivity contribution in [1.29, 1.82) is 0 Å². The number of nitrogens with zero attached hydrogens (tertiary/aromatic N) is 3. The second-order valence-corrected chi connectivity index (χ2v) is 5.08. The van der Waals surface area contributed by atoms with Crippen LogP contribution in [0.4, 0.5) is 0 Å². The van der Waals surface area contributed by atoms with Crippen LogP contribution in [0, 0.1) is 0 Å². The highest BCUT2D eigenvalue weighted by atomic mass is 35.5. The third-order valence-electron chi connectivity index (χ3n) is 2.98. The van der Waals surface area contributed by atoms with Crippen LogP contribution in [0.15, 0.2) is 24.4 Å². The Balaban J connectivity index is 1.93. The van der Waals surface area contributed by atoms with Crippen LogP contribution in [0.3, 0.4) is 0 Å². The zero-order chi connectivity index (χ0) is 16.8. The van der Waals surface area contributed by atoms with E-state index in [0.717, 1.165) is 0 Å². The molecule has 0 fully saturated rings. The first kappa shape index (κ1) is 16.8. The summed E-state index contributed by atoms with van der Waals surface area (Å²) in [5.74, 6) is -0.736. The van der Waals surface area contributed by atoms with Crippen molar-refractivity contribution in [3.63, 3.8) is 0 Å². The molecule has 0 atom stereocenters. The number of amides is 1. The van der Waals surface area contributed by atoms with Gasteiger partial charge in [-0.1, -0.05) is 22.9 Å². The Morgan fingerprint density at radius 3 is 2.91 bits per heavy atom. The Kier molecular flexibility index (Phi) is 5.53. The largest absolute Gasteiger partial charge is 0.496 e. The molecule has 0 unspecified atom stereocenters. The minimum atomic E-state index is -1.02. The number of halogens is 1. The summed E-state index contributed by atoms with van der Waals surface area (Å²) in [5, 5.41) is 19.2. The molecule has 9 heteroatoms. The Morgan fingerprint density at radius 2 is 2.22 bits per heavy atom. The van der Waals surface area contributed by atoms with Crippen LogP contribution in [0.25, 0.3) is 0 Å². The lowest BCUT2D eigenvalue weighted by Gasteiger charge is -2.10. The predicted octanol–water partition coefficient (Wildman–Crippen LogP) is 0.884. The van der Waals surface area contributed by atoms with Crippen LogP contribution >= 0.6 is 11.6 Å². The number of methoxy groups -OCH3 is 1. The highest BCUT2D eigenvalue weighted by molar-refractivity contribution is 6.31. The Bertz CT molecular complexity index is 717. The van der Waals surface area contributed by atoms with Crippen LogP contribution in [-0.2, 0) is 29.1 Å². The number of ether oxygens (including phenoxy) is 1. The molecule has 2 aromatic rings. The summed E-state index contributed by atoms with van der Waals surface area (Å²) in [4.78, 5) is 22.6. The molecule has 1 aromatic carbocycles. The van der Waals surface area contributed by atoms with Gasteiger partial charge in [-0.25, -0.2) is 4.68 Å². The summed E-state index contributed by atoms with van der Waals surface area (Å²) < 4.78 is 6.37. The third kappa shape index (κ3) is 4.68. The summed E-state index contributed by atoms with van der Waals surface area (Å²) in [6.07, 6.45) is 1.52. The molecular formula is C14H15ClN4O4. The Morgan fingerprint density at radius 1 is 1.43 bits per heavy atom. The van der Waals surface area contributed by atoms with E-state index in [9.17, 15) is 9.59 Å². The van der Waals surface area contributed by atoms with E-state index in [1.165, 1.54) is 18.0 Å². The molecular weight excluding hydrogens is 324 g/mol. The molecule has 0 aliphatic rings. The van der Waals surface area contributed by atoms with Gasteiger partial charge in [-0.15, -0.1) is 5.10 Å². The molecule has 0 aliphatic heterocycles. The summed E-state index contributed by atoms with van der Waals surface area (Å²) in [6.45, 7) is -0.136. The lowest BCUT2D eigenvalue weighted by atomic mass is 10.1. The molecule has 8 nitrogen and oxygen atoms in total. The van der Waals surface area contributed by atoms with Gasteiger partial charge in [0.05, 0.1) is 26.3 Å². The number of carboxylic acid groups (broad SMARTS) is 1. The number of carbonyl (C=O) groups is 2. The molecule has 0 bridgehead atoms. The van der Waals surface area contributed by atoms with Crippen LogP contribution < -0.4 is 10.1 Å². The van der Waals surface area contributed by atoms with Crippen molar-refractivity contribution in [3.8, 4) is 5.75 Å². The van der Waals surface area contributed by atoms with Crippen molar-refractivity contribution in [1.82, 2.24) is 20.3 Å². The average Bonchev–Trinajstić information content (AvgIpc) is 2.94. The number of aliphatic carboxylic acids is 1. The fourth-order valence-electron chi connectivity index (χ4n) is 1.95. The van der Waals surface area contributed by atoms with E-state index in [4.69, 9.17) is 21.4 Å². The highest BCUT2D eigenvalue weighted by Crippen LogP contribution is 2.26. The van der Waals surface area contributed by atoms with Gasteiger partial charge in [-0.05, 0) is 12.1 Å². The Hall–Kier alpha value is -2.61. The van der Waals surface area contributed by atoms with Gasteiger partial charge in [0, 0.05) is 10.6 Å². The number of carboxylic acids is 1. The first-order valence-electron chi connectivity index (χ1n) is 6.68. The predicted molar refractivity (Wildman–Crippen MR) is 81.2 cm³/mol. The van der Waals surface area contributed by atoms with E-state index in [0.29, 0.717) is 22.0 Å². The number of nitrogens with one attached hydrogen (secondary N) is 1. The van der Waals surface area contributed by atoms with E-state index < -0.39 is 5.97 Å². The maximum absolute atomic E-state index is 12.0. The first-order valence-corrected chi connectivity index (χ1v) is 7.06. The standard InChI is InChI=1S/C14H15ClN4O4/c1-23-12-4-2-3-11(15)10(12)5-13(20)16-6-9-7-19(18-17-9)8-14(21)22/h2-4,7H,5-6,8H2,1H3,(H,16,20)(H,21,22). The van der Waals surface area contributed by atoms with E-state index in [-0.39, 0.29) is 25.4 Å². The minimum absolute atomic E-state index is 0.0616. The molecule has 1 heterocycles. The molecule has 2 N–H and O–H groups in total. The van der Waals surface area contributed by atoms with Crippen LogP contribution in [0.5, 0.6) is 5.75 Å². The van der Waals surface area contributed by atoms with E-state index in [1.54, 1.807) is 18.2 Å². The van der Waals surface area contributed by atoms with Crippen LogP contribution in [0.1, 0.15) is 11.3 Å². The van der Waals surface area contributed by atoms with E-state index in [2.05, 4.69) is 15.6 Å². The molecule has 0 radical (unpaired) electrons. The second kappa shape index (κ2) is 7.59. The first-order chi connectivity index (χ1) is 11.0. The van der Waals surface area contributed by atoms with Crippen molar-refractivity contribution >= 4 is 23.5 Å². The molecule has 0 saturated heterocycles. The maximum Gasteiger partial charge on any atom is 0.325 e. The zero-order valence-corrected chi connectivity index (χ0v) is 13.1. The quantitative estimate of drug-likeness (QED) is 0.776. The fourth-order valence-corrected chi connectivity index (χ4v) is 2.18. The summed E-state index contributed by atoms with van der Waals surface area (Å²) in [7, 11) is 1.51. The number of aromatic nitrogens is 3. The van der Waals surface area contributed by atoms with Gasteiger partial charge < -0.3 is 15.2 Å². The molecule has 122 valence electrons. The van der Waals surface area contributed by atoms with Gasteiger partial charge >= 0.3 is 5.97 Å². The van der Waals surface area contributed by atoms with Gasteiger partial charge in [0.1, 0.15) is 18.0 Å². The van der Waals surface area contributed by atoms with Crippen molar-refractivity contribution < 1.29 is 19.4 Å². The number of rotatable bonds is 7. The van der Waals surface area contributed by atoms with Gasteiger partial charge in [-0.2, -0.15) is 0 Å². The van der Waals surface area contributed by atoms with Crippen molar-refractivity contribution in [3.05, 3.63) is 40.7 Å². The second-order valence-electron chi connectivity index (χ2n) is 4.68. The molecule has 1 amide bonds. The molecule has 0 saturated carbocycles. The van der Waals surface area contributed by atoms with E-state index in [1.807, 2.05) is 0 Å². The number of hydrogen-bond donors (Lipinski definition) is 2. The summed E-state index contributed by atoms with van der Waals surface area (Å²) in [6, 6.07) is 5.15. The van der Waals surface area contributed by atoms with Gasteiger partial charge in [0.25, 0.3) is 0 Å². The summed E-state index contributed by atoms with van der Waals surface area (Å²) in [5.41, 5.74) is 1.06. The summed E-state index contributed by atoms with van der Waals surface area (Å²) >= 11 is 6.08. The Labute approximate surface area is 137 Å². The minimum Gasteiger partial charge on any atom is -0.496 e. The van der Waals surface area contributed by atoms with Gasteiger partial charge in [0.2, 0.25) is 5.91 Å². The molecule has 1 aromatic heterocycles. The number of carbonyl (C=O) groups excluding carboxylic acids is 1. The average molecular weight is 339 g/mol. The van der Waals surface area contributed by atoms with Crippen LogP contribution in [-0.4, -0.2) is 39.1 Å². The number of benzene rings is 1. The SMILES string of the molecule is COc1cccc(Cl)c1CC(=O)NCc1cn(CC(=O)O)nn1. The monoisotopic (exact) mass is 338 g/mol.